The van der Waals surface area contributed by atoms with Gasteiger partial charge < -0.3 is 10.2 Å². The van der Waals surface area contributed by atoms with Crippen molar-refractivity contribution in [1.29, 1.82) is 0 Å². The van der Waals surface area contributed by atoms with Crippen molar-refractivity contribution < 1.29 is 9.59 Å². The zero-order valence-corrected chi connectivity index (χ0v) is 16.9. The highest BCUT2D eigenvalue weighted by Gasteiger charge is 2.26. The molecule has 27 heavy (non-hydrogen) atoms. The number of benzene rings is 2. The van der Waals surface area contributed by atoms with Gasteiger partial charge >= 0.3 is 0 Å². The van der Waals surface area contributed by atoms with Gasteiger partial charge in [-0.25, -0.2) is 0 Å². The Morgan fingerprint density at radius 3 is 2.26 bits per heavy atom. The predicted octanol–water partition coefficient (Wildman–Crippen LogP) is 4.21. The van der Waals surface area contributed by atoms with Crippen LogP contribution >= 0.6 is 11.6 Å². The van der Waals surface area contributed by atoms with E-state index in [9.17, 15) is 9.59 Å². The fourth-order valence-electron chi connectivity index (χ4n) is 2.85. The van der Waals surface area contributed by atoms with Crippen LogP contribution in [0.15, 0.2) is 54.6 Å². The molecule has 144 valence electrons. The molecular formula is C22H27ClN2O2. The highest BCUT2D eigenvalue weighted by atomic mass is 35.5. The first-order chi connectivity index (χ1) is 12.9. The number of rotatable bonds is 8. The lowest BCUT2D eigenvalue weighted by Crippen LogP contribution is -2.49. The number of hydrogen-bond acceptors (Lipinski definition) is 2. The topological polar surface area (TPSA) is 49.4 Å². The molecule has 0 unspecified atom stereocenters. The highest BCUT2D eigenvalue weighted by molar-refractivity contribution is 6.31. The molecule has 0 bridgehead atoms. The Kier molecular flexibility index (Phi) is 7.86. The van der Waals surface area contributed by atoms with Crippen molar-refractivity contribution in [3.63, 3.8) is 0 Å². The molecule has 2 aromatic carbocycles. The summed E-state index contributed by atoms with van der Waals surface area (Å²) < 4.78 is 0. The fraction of sp³-hybridized carbons (Fsp3) is 0.364. The minimum absolute atomic E-state index is 0.0248. The molecule has 5 heteroatoms. The highest BCUT2D eigenvalue weighted by Crippen LogP contribution is 2.18. The van der Waals surface area contributed by atoms with Crippen molar-refractivity contribution in [2.24, 2.45) is 0 Å². The minimum Gasteiger partial charge on any atom is -0.352 e. The summed E-state index contributed by atoms with van der Waals surface area (Å²) in [5.41, 5.74) is 1.93. The Morgan fingerprint density at radius 2 is 1.63 bits per heavy atom. The van der Waals surface area contributed by atoms with Crippen molar-refractivity contribution in [1.82, 2.24) is 10.2 Å². The van der Waals surface area contributed by atoms with E-state index in [0.29, 0.717) is 24.4 Å². The molecule has 1 atom stereocenters. The van der Waals surface area contributed by atoms with Crippen molar-refractivity contribution in [2.45, 2.75) is 52.2 Å². The van der Waals surface area contributed by atoms with Gasteiger partial charge in [-0.15, -0.1) is 0 Å². The standard InChI is InChI=1S/C22H27ClN2O2/c1-16(2)24-22(27)17(3)25(15-18-9-5-4-6-10-18)21(26)14-13-19-11-7-8-12-20(19)23/h4-12,16-17H,13-15H2,1-3H3,(H,24,27)/t17-/m1/s1. The zero-order valence-electron chi connectivity index (χ0n) is 16.1. The molecule has 0 saturated heterocycles. The molecular weight excluding hydrogens is 360 g/mol. The lowest BCUT2D eigenvalue weighted by atomic mass is 10.1. The van der Waals surface area contributed by atoms with Gasteiger partial charge in [-0.1, -0.05) is 60.1 Å². The summed E-state index contributed by atoms with van der Waals surface area (Å²) in [4.78, 5) is 27.1. The molecule has 0 saturated carbocycles. The molecule has 0 aliphatic rings. The lowest BCUT2D eigenvalue weighted by molar-refractivity contribution is -0.140. The van der Waals surface area contributed by atoms with E-state index in [0.717, 1.165) is 11.1 Å². The van der Waals surface area contributed by atoms with Gasteiger partial charge in [-0.05, 0) is 44.4 Å². The number of nitrogens with one attached hydrogen (secondary N) is 1. The molecule has 0 radical (unpaired) electrons. The number of carbonyl (C=O) groups is 2. The van der Waals surface area contributed by atoms with Gasteiger partial charge in [0.25, 0.3) is 0 Å². The lowest BCUT2D eigenvalue weighted by Gasteiger charge is -2.29. The molecule has 1 N–H and O–H groups in total. The first-order valence-corrected chi connectivity index (χ1v) is 9.63. The Balaban J connectivity index is 2.13. The van der Waals surface area contributed by atoms with E-state index in [1.165, 1.54) is 0 Å². The normalized spacial score (nSPS) is 11.9. The van der Waals surface area contributed by atoms with Gasteiger partial charge in [0.1, 0.15) is 6.04 Å². The van der Waals surface area contributed by atoms with Crippen molar-refractivity contribution in [3.8, 4) is 0 Å². The smallest absolute Gasteiger partial charge is 0.242 e. The third-order valence-corrected chi connectivity index (χ3v) is 4.73. The van der Waals surface area contributed by atoms with Crippen molar-refractivity contribution >= 4 is 23.4 Å². The summed E-state index contributed by atoms with van der Waals surface area (Å²) in [6, 6.07) is 16.7. The van der Waals surface area contributed by atoms with E-state index in [-0.39, 0.29) is 17.9 Å². The summed E-state index contributed by atoms with van der Waals surface area (Å²) in [5.74, 6) is -0.211. The number of carbonyl (C=O) groups excluding carboxylic acids is 2. The number of aryl methyl sites for hydroxylation is 1. The predicted molar refractivity (Wildman–Crippen MR) is 110 cm³/mol. The summed E-state index contributed by atoms with van der Waals surface area (Å²) in [7, 11) is 0. The van der Waals surface area contributed by atoms with Gasteiger partial charge in [-0.3, -0.25) is 9.59 Å². The maximum atomic E-state index is 13.0. The molecule has 0 aliphatic carbocycles. The fourth-order valence-corrected chi connectivity index (χ4v) is 3.08. The van der Waals surface area contributed by atoms with E-state index in [2.05, 4.69) is 5.32 Å². The second-order valence-corrected chi connectivity index (χ2v) is 7.35. The maximum absolute atomic E-state index is 13.0. The van der Waals surface area contributed by atoms with E-state index in [1.807, 2.05) is 68.4 Å². The van der Waals surface area contributed by atoms with Crippen LogP contribution in [-0.2, 0) is 22.6 Å². The first-order valence-electron chi connectivity index (χ1n) is 9.25. The summed E-state index contributed by atoms with van der Waals surface area (Å²) in [6.45, 7) is 5.99. The van der Waals surface area contributed by atoms with Crippen LogP contribution in [0.1, 0.15) is 38.3 Å². The number of halogens is 1. The first kappa shape index (κ1) is 21.0. The summed E-state index contributed by atoms with van der Waals surface area (Å²) in [5, 5.41) is 3.55. The molecule has 2 rings (SSSR count). The van der Waals surface area contributed by atoms with Crippen molar-refractivity contribution in [2.75, 3.05) is 0 Å². The second kappa shape index (κ2) is 10.1. The summed E-state index contributed by atoms with van der Waals surface area (Å²) in [6.07, 6.45) is 0.845. The van der Waals surface area contributed by atoms with Gasteiger partial charge in [0.15, 0.2) is 0 Å². The van der Waals surface area contributed by atoms with Gasteiger partial charge in [0.2, 0.25) is 11.8 Å². The van der Waals surface area contributed by atoms with Gasteiger partial charge in [0, 0.05) is 24.0 Å². The Morgan fingerprint density at radius 1 is 1.00 bits per heavy atom. The number of hydrogen-bond donors (Lipinski definition) is 1. The third kappa shape index (κ3) is 6.40. The Bertz CT molecular complexity index is 762. The average molecular weight is 387 g/mol. The minimum atomic E-state index is -0.550. The molecule has 0 fully saturated rings. The second-order valence-electron chi connectivity index (χ2n) is 6.94. The van der Waals surface area contributed by atoms with Crippen LogP contribution < -0.4 is 5.32 Å². The molecule has 2 aromatic rings. The summed E-state index contributed by atoms with van der Waals surface area (Å²) >= 11 is 6.20. The van der Waals surface area contributed by atoms with Crippen molar-refractivity contribution in [3.05, 3.63) is 70.7 Å². The maximum Gasteiger partial charge on any atom is 0.242 e. The SMILES string of the molecule is CC(C)NC(=O)[C@@H](C)N(Cc1ccccc1)C(=O)CCc1ccccc1Cl. The van der Waals surface area contributed by atoms with Crippen LogP contribution in [0.5, 0.6) is 0 Å². The average Bonchev–Trinajstić information content (AvgIpc) is 2.65. The van der Waals surface area contributed by atoms with E-state index in [1.54, 1.807) is 11.8 Å². The molecule has 0 aromatic heterocycles. The van der Waals surface area contributed by atoms with E-state index >= 15 is 0 Å². The van der Waals surface area contributed by atoms with Crippen LogP contribution in [0.3, 0.4) is 0 Å². The molecule has 4 nitrogen and oxygen atoms in total. The van der Waals surface area contributed by atoms with E-state index in [4.69, 9.17) is 11.6 Å². The quantitative estimate of drug-likeness (QED) is 0.738. The van der Waals surface area contributed by atoms with Crippen LogP contribution in [0.4, 0.5) is 0 Å². The Hall–Kier alpha value is -2.33. The molecule has 0 heterocycles. The third-order valence-electron chi connectivity index (χ3n) is 4.36. The van der Waals surface area contributed by atoms with E-state index < -0.39 is 6.04 Å². The van der Waals surface area contributed by atoms with Crippen LogP contribution in [0.25, 0.3) is 0 Å². The largest absolute Gasteiger partial charge is 0.352 e. The van der Waals surface area contributed by atoms with Crippen LogP contribution in [-0.4, -0.2) is 28.8 Å². The Labute approximate surface area is 166 Å². The number of nitrogens with zero attached hydrogens (tertiary/aromatic N) is 1. The molecule has 0 spiro atoms. The molecule has 2 amide bonds. The zero-order chi connectivity index (χ0) is 19.8. The van der Waals surface area contributed by atoms with Crippen LogP contribution in [0.2, 0.25) is 5.02 Å². The number of amides is 2. The van der Waals surface area contributed by atoms with Crippen LogP contribution in [0, 0.1) is 0 Å². The van der Waals surface area contributed by atoms with Gasteiger partial charge in [0.05, 0.1) is 0 Å². The monoisotopic (exact) mass is 386 g/mol. The van der Waals surface area contributed by atoms with Gasteiger partial charge in [-0.2, -0.15) is 0 Å². The molecule has 0 aliphatic heterocycles.